The Balaban J connectivity index is 2.43. The zero-order valence-electron chi connectivity index (χ0n) is 12.2. The second-order valence-electron chi connectivity index (χ2n) is 4.65. The second kappa shape index (κ2) is 5.40. The lowest BCUT2D eigenvalue weighted by molar-refractivity contribution is 0.358. The SMILES string of the molecule is COc1ccc2nc(=O)n(-c3ccccc3)c(N)c2c1OC. The predicted molar refractivity (Wildman–Crippen MR) is 84.9 cm³/mol. The first-order chi connectivity index (χ1) is 10.7. The summed E-state index contributed by atoms with van der Waals surface area (Å²) < 4.78 is 12.0. The first kappa shape index (κ1) is 13.9. The summed E-state index contributed by atoms with van der Waals surface area (Å²) in [4.78, 5) is 16.4. The summed E-state index contributed by atoms with van der Waals surface area (Å²) in [6.07, 6.45) is 0. The van der Waals surface area contributed by atoms with Gasteiger partial charge in [0.15, 0.2) is 11.5 Å². The third-order valence-corrected chi connectivity index (χ3v) is 3.44. The van der Waals surface area contributed by atoms with E-state index in [0.717, 1.165) is 0 Å². The van der Waals surface area contributed by atoms with Gasteiger partial charge in [-0.25, -0.2) is 9.36 Å². The Hall–Kier alpha value is -3.02. The number of benzene rings is 2. The normalized spacial score (nSPS) is 10.6. The van der Waals surface area contributed by atoms with E-state index in [1.54, 1.807) is 31.4 Å². The Morgan fingerprint density at radius 3 is 2.41 bits per heavy atom. The molecule has 0 fully saturated rings. The number of fused-ring (bicyclic) bond motifs is 1. The number of aromatic nitrogens is 2. The van der Waals surface area contributed by atoms with Crippen LogP contribution >= 0.6 is 0 Å². The van der Waals surface area contributed by atoms with E-state index in [0.29, 0.717) is 28.1 Å². The number of rotatable bonds is 3. The van der Waals surface area contributed by atoms with Crippen molar-refractivity contribution in [2.45, 2.75) is 0 Å². The van der Waals surface area contributed by atoms with Crippen LogP contribution in [0.25, 0.3) is 16.6 Å². The third kappa shape index (κ3) is 2.05. The van der Waals surface area contributed by atoms with Gasteiger partial charge in [-0.2, -0.15) is 4.98 Å². The fourth-order valence-corrected chi connectivity index (χ4v) is 2.45. The number of hydrogen-bond donors (Lipinski definition) is 1. The first-order valence-electron chi connectivity index (χ1n) is 6.66. The Morgan fingerprint density at radius 1 is 1.05 bits per heavy atom. The van der Waals surface area contributed by atoms with Crippen molar-refractivity contribution in [3.05, 3.63) is 52.9 Å². The van der Waals surface area contributed by atoms with Crippen molar-refractivity contribution in [3.63, 3.8) is 0 Å². The molecule has 6 heteroatoms. The van der Waals surface area contributed by atoms with Gasteiger partial charge in [0.25, 0.3) is 0 Å². The molecule has 6 nitrogen and oxygen atoms in total. The average molecular weight is 297 g/mol. The number of nitrogens with two attached hydrogens (primary N) is 1. The van der Waals surface area contributed by atoms with Gasteiger partial charge in [-0.1, -0.05) is 18.2 Å². The molecule has 0 amide bonds. The quantitative estimate of drug-likeness (QED) is 0.799. The zero-order valence-corrected chi connectivity index (χ0v) is 12.2. The largest absolute Gasteiger partial charge is 0.493 e. The molecule has 0 unspecified atom stereocenters. The third-order valence-electron chi connectivity index (χ3n) is 3.44. The summed E-state index contributed by atoms with van der Waals surface area (Å²) in [5, 5.41) is 0.547. The smallest absolute Gasteiger partial charge is 0.354 e. The predicted octanol–water partition coefficient (Wildman–Crippen LogP) is 1.99. The van der Waals surface area contributed by atoms with Crippen molar-refractivity contribution < 1.29 is 9.47 Å². The van der Waals surface area contributed by atoms with Gasteiger partial charge in [0.1, 0.15) is 5.82 Å². The highest BCUT2D eigenvalue weighted by atomic mass is 16.5. The topological polar surface area (TPSA) is 79.4 Å². The molecule has 3 rings (SSSR count). The number of anilines is 1. The standard InChI is InChI=1S/C16H15N3O3/c1-21-12-9-8-11-13(14(12)22-2)15(17)19(16(20)18-11)10-6-4-3-5-7-10/h3-9H,17H2,1-2H3. The molecule has 0 bridgehead atoms. The maximum atomic E-state index is 12.3. The Morgan fingerprint density at radius 2 is 1.77 bits per heavy atom. The van der Waals surface area contributed by atoms with Crippen molar-refractivity contribution in [2.75, 3.05) is 20.0 Å². The molecule has 1 heterocycles. The van der Waals surface area contributed by atoms with Gasteiger partial charge >= 0.3 is 5.69 Å². The molecular formula is C16H15N3O3. The number of para-hydroxylation sites is 1. The molecular weight excluding hydrogens is 282 g/mol. The molecule has 0 atom stereocenters. The lowest BCUT2D eigenvalue weighted by Crippen LogP contribution is -2.24. The minimum absolute atomic E-state index is 0.261. The van der Waals surface area contributed by atoms with Crippen LogP contribution < -0.4 is 20.9 Å². The molecule has 3 aromatic rings. The number of nitrogen functional groups attached to an aromatic ring is 1. The summed E-state index contributed by atoms with van der Waals surface area (Å²) in [7, 11) is 3.06. The van der Waals surface area contributed by atoms with Crippen LogP contribution in [0.1, 0.15) is 0 Å². The fraction of sp³-hybridized carbons (Fsp3) is 0.125. The van der Waals surface area contributed by atoms with E-state index in [2.05, 4.69) is 4.98 Å². The molecule has 0 spiro atoms. The van der Waals surface area contributed by atoms with Crippen LogP contribution in [0.3, 0.4) is 0 Å². The Bertz CT molecular complexity index is 889. The van der Waals surface area contributed by atoms with E-state index < -0.39 is 5.69 Å². The van der Waals surface area contributed by atoms with Crippen LogP contribution in [-0.4, -0.2) is 23.8 Å². The molecule has 0 radical (unpaired) electrons. The van der Waals surface area contributed by atoms with Crippen LogP contribution in [0, 0.1) is 0 Å². The van der Waals surface area contributed by atoms with Crippen molar-refractivity contribution in [1.82, 2.24) is 9.55 Å². The van der Waals surface area contributed by atoms with Gasteiger partial charge in [0.05, 0.1) is 30.8 Å². The Kier molecular flexibility index (Phi) is 3.42. The van der Waals surface area contributed by atoms with Gasteiger partial charge in [-0.15, -0.1) is 0 Å². The fourth-order valence-electron chi connectivity index (χ4n) is 2.45. The summed E-state index contributed by atoms with van der Waals surface area (Å²) in [6.45, 7) is 0. The summed E-state index contributed by atoms with van der Waals surface area (Å²) >= 11 is 0. The van der Waals surface area contributed by atoms with Crippen LogP contribution in [0.4, 0.5) is 5.82 Å². The van der Waals surface area contributed by atoms with Crippen LogP contribution in [0.2, 0.25) is 0 Å². The first-order valence-corrected chi connectivity index (χ1v) is 6.66. The monoisotopic (exact) mass is 297 g/mol. The van der Waals surface area contributed by atoms with Crippen molar-refractivity contribution in [3.8, 4) is 17.2 Å². The highest BCUT2D eigenvalue weighted by Crippen LogP contribution is 2.37. The van der Waals surface area contributed by atoms with Gasteiger partial charge in [-0.05, 0) is 24.3 Å². The summed E-state index contributed by atoms with van der Waals surface area (Å²) in [5.41, 5.74) is 6.91. The molecule has 0 aliphatic rings. The highest BCUT2D eigenvalue weighted by Gasteiger charge is 2.17. The van der Waals surface area contributed by atoms with E-state index in [9.17, 15) is 4.79 Å². The molecule has 0 aliphatic carbocycles. The second-order valence-corrected chi connectivity index (χ2v) is 4.65. The maximum absolute atomic E-state index is 12.3. The lowest BCUT2D eigenvalue weighted by Gasteiger charge is -2.15. The molecule has 0 saturated carbocycles. The van der Waals surface area contributed by atoms with Gasteiger partial charge in [0.2, 0.25) is 0 Å². The zero-order chi connectivity index (χ0) is 15.7. The maximum Gasteiger partial charge on any atom is 0.354 e. The van der Waals surface area contributed by atoms with Crippen LogP contribution in [0.15, 0.2) is 47.3 Å². The van der Waals surface area contributed by atoms with Crippen LogP contribution in [0.5, 0.6) is 11.5 Å². The number of ether oxygens (including phenoxy) is 2. The van der Waals surface area contributed by atoms with Crippen LogP contribution in [-0.2, 0) is 0 Å². The van der Waals surface area contributed by atoms with Gasteiger partial charge in [-0.3, -0.25) is 0 Å². The molecule has 1 aromatic heterocycles. The van der Waals surface area contributed by atoms with Gasteiger partial charge < -0.3 is 15.2 Å². The van der Waals surface area contributed by atoms with Crippen molar-refractivity contribution in [1.29, 1.82) is 0 Å². The highest BCUT2D eigenvalue weighted by molar-refractivity contribution is 5.96. The van der Waals surface area contributed by atoms with Crippen molar-refractivity contribution >= 4 is 16.7 Å². The number of methoxy groups -OCH3 is 2. The molecule has 2 N–H and O–H groups in total. The molecule has 0 saturated heterocycles. The van der Waals surface area contributed by atoms with Crippen molar-refractivity contribution in [2.24, 2.45) is 0 Å². The number of nitrogens with zero attached hydrogens (tertiary/aromatic N) is 2. The van der Waals surface area contributed by atoms with E-state index in [4.69, 9.17) is 15.2 Å². The summed E-state index contributed by atoms with van der Waals surface area (Å²) in [6, 6.07) is 12.5. The van der Waals surface area contributed by atoms with E-state index >= 15 is 0 Å². The van der Waals surface area contributed by atoms with E-state index in [-0.39, 0.29) is 5.82 Å². The minimum Gasteiger partial charge on any atom is -0.493 e. The van der Waals surface area contributed by atoms with E-state index in [1.165, 1.54) is 11.7 Å². The number of hydrogen-bond acceptors (Lipinski definition) is 5. The average Bonchev–Trinajstić information content (AvgIpc) is 2.54. The molecule has 22 heavy (non-hydrogen) atoms. The van der Waals surface area contributed by atoms with E-state index in [1.807, 2.05) is 18.2 Å². The molecule has 0 aliphatic heterocycles. The molecule has 2 aromatic carbocycles. The summed E-state index contributed by atoms with van der Waals surface area (Å²) in [5.74, 6) is 1.24. The minimum atomic E-state index is -0.441. The lowest BCUT2D eigenvalue weighted by atomic mass is 10.2. The molecule has 112 valence electrons. The Labute approximate surface area is 126 Å². The van der Waals surface area contributed by atoms with Gasteiger partial charge in [0, 0.05) is 0 Å².